The second-order valence-corrected chi connectivity index (χ2v) is 6.63. The zero-order chi connectivity index (χ0) is 19.6. The van der Waals surface area contributed by atoms with E-state index in [4.69, 9.17) is 4.74 Å². The van der Waals surface area contributed by atoms with Crippen LogP contribution in [0.25, 0.3) is 0 Å². The van der Waals surface area contributed by atoms with Crippen molar-refractivity contribution in [2.75, 3.05) is 11.9 Å². The van der Waals surface area contributed by atoms with Gasteiger partial charge >= 0.3 is 0 Å². The van der Waals surface area contributed by atoms with Crippen molar-refractivity contribution in [1.29, 1.82) is 0 Å². The molecule has 1 unspecified atom stereocenters. The highest BCUT2D eigenvalue weighted by Gasteiger charge is 2.43. The molecule has 1 aliphatic rings. The normalized spacial score (nSPS) is 14.3. The molecule has 0 bridgehead atoms. The van der Waals surface area contributed by atoms with Crippen molar-refractivity contribution in [2.45, 2.75) is 26.8 Å². The molecule has 0 saturated carbocycles. The number of carbonyl (C=O) groups excluding carboxylic acids is 3. The number of nitrogens with one attached hydrogen (secondary N) is 1. The van der Waals surface area contributed by atoms with Crippen LogP contribution in [0.2, 0.25) is 0 Å². The Bertz CT molecular complexity index is 856. The number of fused-ring (bicyclic) bond motifs is 1. The molecule has 0 radical (unpaired) electrons. The predicted molar refractivity (Wildman–Crippen MR) is 102 cm³/mol. The number of anilines is 1. The van der Waals surface area contributed by atoms with Crippen molar-refractivity contribution in [3.8, 4) is 5.75 Å². The Labute approximate surface area is 158 Å². The molecule has 1 N–H and O–H groups in total. The van der Waals surface area contributed by atoms with Gasteiger partial charge in [-0.05, 0) is 37.1 Å². The smallest absolute Gasteiger partial charge is 0.262 e. The summed E-state index contributed by atoms with van der Waals surface area (Å²) in [5, 5.41) is 2.81. The topological polar surface area (TPSA) is 75.7 Å². The minimum atomic E-state index is -0.924. The first-order valence-electron chi connectivity index (χ1n) is 8.95. The van der Waals surface area contributed by atoms with E-state index < -0.39 is 23.8 Å². The molecule has 6 nitrogen and oxygen atoms in total. The van der Waals surface area contributed by atoms with E-state index in [1.54, 1.807) is 42.5 Å². The van der Waals surface area contributed by atoms with E-state index in [-0.39, 0.29) is 5.92 Å². The summed E-state index contributed by atoms with van der Waals surface area (Å²) in [5.41, 5.74) is 1.16. The molecule has 0 saturated heterocycles. The molecule has 0 aromatic heterocycles. The van der Waals surface area contributed by atoms with E-state index in [1.807, 2.05) is 26.8 Å². The SMILES string of the molecule is CCOc1ccccc1NC(=O)C(C(C)C)N1C(=O)c2ccccc2C1=O. The minimum absolute atomic E-state index is 0.258. The largest absolute Gasteiger partial charge is 0.492 e. The van der Waals surface area contributed by atoms with Gasteiger partial charge in [-0.1, -0.05) is 38.1 Å². The number of nitrogens with zero attached hydrogens (tertiary/aromatic N) is 1. The second kappa shape index (κ2) is 7.61. The van der Waals surface area contributed by atoms with Gasteiger partial charge in [-0.25, -0.2) is 0 Å². The first kappa shape index (κ1) is 18.6. The molecule has 1 aliphatic heterocycles. The number of hydrogen-bond donors (Lipinski definition) is 1. The Hall–Kier alpha value is -3.15. The van der Waals surface area contributed by atoms with E-state index in [2.05, 4.69) is 5.32 Å². The van der Waals surface area contributed by atoms with E-state index in [9.17, 15) is 14.4 Å². The maximum absolute atomic E-state index is 13.0. The number of amides is 3. The number of hydrogen-bond acceptors (Lipinski definition) is 4. The van der Waals surface area contributed by atoms with Crippen molar-refractivity contribution in [3.63, 3.8) is 0 Å². The Morgan fingerprint density at radius 1 is 1.00 bits per heavy atom. The molecule has 0 aliphatic carbocycles. The highest BCUT2D eigenvalue weighted by atomic mass is 16.5. The molecular weight excluding hydrogens is 344 g/mol. The zero-order valence-electron chi connectivity index (χ0n) is 15.6. The quantitative estimate of drug-likeness (QED) is 0.796. The van der Waals surface area contributed by atoms with Gasteiger partial charge in [0.25, 0.3) is 11.8 Å². The van der Waals surface area contributed by atoms with Gasteiger partial charge in [-0.3, -0.25) is 19.3 Å². The molecule has 6 heteroatoms. The Kier molecular flexibility index (Phi) is 5.26. The van der Waals surface area contributed by atoms with Crippen molar-refractivity contribution < 1.29 is 19.1 Å². The maximum Gasteiger partial charge on any atom is 0.262 e. The van der Waals surface area contributed by atoms with Crippen LogP contribution in [0.4, 0.5) is 5.69 Å². The average Bonchev–Trinajstić information content (AvgIpc) is 2.89. The van der Waals surface area contributed by atoms with Crippen LogP contribution in [-0.4, -0.2) is 35.3 Å². The zero-order valence-corrected chi connectivity index (χ0v) is 15.6. The van der Waals surface area contributed by atoms with Crippen LogP contribution in [0.15, 0.2) is 48.5 Å². The lowest BCUT2D eigenvalue weighted by Crippen LogP contribution is -2.50. The number of rotatable bonds is 6. The van der Waals surface area contributed by atoms with Gasteiger partial charge < -0.3 is 10.1 Å². The summed E-state index contributed by atoms with van der Waals surface area (Å²) < 4.78 is 5.53. The van der Waals surface area contributed by atoms with Crippen LogP contribution < -0.4 is 10.1 Å². The molecule has 2 aromatic rings. The fourth-order valence-corrected chi connectivity index (χ4v) is 3.24. The first-order chi connectivity index (χ1) is 13.0. The lowest BCUT2D eigenvalue weighted by atomic mass is 10.0. The number of benzene rings is 2. The third-order valence-electron chi connectivity index (χ3n) is 4.45. The van der Waals surface area contributed by atoms with Gasteiger partial charge in [0.15, 0.2) is 0 Å². The summed E-state index contributed by atoms with van der Waals surface area (Å²) >= 11 is 0. The molecule has 0 fully saturated rings. The van der Waals surface area contributed by atoms with E-state index in [0.717, 1.165) is 4.90 Å². The molecule has 27 heavy (non-hydrogen) atoms. The second-order valence-electron chi connectivity index (χ2n) is 6.63. The van der Waals surface area contributed by atoms with E-state index >= 15 is 0 Å². The van der Waals surface area contributed by atoms with Crippen molar-refractivity contribution in [2.24, 2.45) is 5.92 Å². The van der Waals surface area contributed by atoms with Crippen molar-refractivity contribution in [1.82, 2.24) is 4.90 Å². The predicted octanol–water partition coefficient (Wildman–Crippen LogP) is 3.34. The van der Waals surface area contributed by atoms with Crippen molar-refractivity contribution >= 4 is 23.4 Å². The Morgan fingerprint density at radius 3 is 2.11 bits per heavy atom. The summed E-state index contributed by atoms with van der Waals surface area (Å²) in [6, 6.07) is 12.8. The van der Waals surface area contributed by atoms with Gasteiger partial charge in [0.2, 0.25) is 5.91 Å². The number of para-hydroxylation sites is 2. The fourth-order valence-electron chi connectivity index (χ4n) is 3.24. The Morgan fingerprint density at radius 2 is 1.56 bits per heavy atom. The van der Waals surface area contributed by atoms with E-state index in [1.165, 1.54) is 0 Å². The highest BCUT2D eigenvalue weighted by Crippen LogP contribution is 2.29. The molecular formula is C21H22N2O4. The summed E-state index contributed by atoms with van der Waals surface area (Å²) in [6.07, 6.45) is 0. The molecule has 1 heterocycles. The first-order valence-corrected chi connectivity index (χ1v) is 8.95. The molecule has 2 aromatic carbocycles. The molecule has 1 atom stereocenters. The van der Waals surface area contributed by atoms with Gasteiger partial charge in [0.1, 0.15) is 11.8 Å². The molecule has 140 valence electrons. The minimum Gasteiger partial charge on any atom is -0.492 e. The summed E-state index contributed by atoms with van der Waals surface area (Å²) in [7, 11) is 0. The van der Waals surface area contributed by atoms with Crippen LogP contribution in [0.5, 0.6) is 5.75 Å². The van der Waals surface area contributed by atoms with Crippen LogP contribution in [-0.2, 0) is 4.79 Å². The van der Waals surface area contributed by atoms with Crippen LogP contribution >= 0.6 is 0 Å². The number of ether oxygens (including phenoxy) is 1. The number of carbonyl (C=O) groups is 3. The highest BCUT2D eigenvalue weighted by molar-refractivity contribution is 6.23. The van der Waals surface area contributed by atoms with Gasteiger partial charge in [-0.2, -0.15) is 0 Å². The van der Waals surface area contributed by atoms with E-state index in [0.29, 0.717) is 29.2 Å². The Balaban J connectivity index is 1.90. The van der Waals surface area contributed by atoms with Crippen molar-refractivity contribution in [3.05, 3.63) is 59.7 Å². The van der Waals surface area contributed by atoms with Crippen LogP contribution in [0, 0.1) is 5.92 Å². The average molecular weight is 366 g/mol. The van der Waals surface area contributed by atoms with Gasteiger partial charge in [0.05, 0.1) is 23.4 Å². The van der Waals surface area contributed by atoms with Gasteiger partial charge in [0, 0.05) is 0 Å². The lowest BCUT2D eigenvalue weighted by molar-refractivity contribution is -0.121. The fraction of sp³-hybridized carbons (Fsp3) is 0.286. The summed E-state index contributed by atoms with van der Waals surface area (Å²) in [4.78, 5) is 39.6. The van der Waals surface area contributed by atoms with Crippen LogP contribution in [0.3, 0.4) is 0 Å². The van der Waals surface area contributed by atoms with Gasteiger partial charge in [-0.15, -0.1) is 0 Å². The third kappa shape index (κ3) is 3.43. The summed E-state index contributed by atoms with van der Waals surface area (Å²) in [6.45, 7) is 5.93. The van der Waals surface area contributed by atoms with Crippen LogP contribution in [0.1, 0.15) is 41.5 Å². The standard InChI is InChI=1S/C21H22N2O4/c1-4-27-17-12-8-7-11-16(17)22-19(24)18(13(2)3)23-20(25)14-9-5-6-10-15(14)21(23)26/h5-13,18H,4H2,1-3H3,(H,22,24). The molecule has 3 rings (SSSR count). The molecule has 0 spiro atoms. The maximum atomic E-state index is 13.0. The third-order valence-corrected chi connectivity index (χ3v) is 4.45. The number of imide groups is 1. The molecule has 3 amide bonds. The lowest BCUT2D eigenvalue weighted by Gasteiger charge is -2.28. The summed E-state index contributed by atoms with van der Waals surface area (Å²) in [5.74, 6) is -1.03. The monoisotopic (exact) mass is 366 g/mol.